The lowest BCUT2D eigenvalue weighted by Crippen LogP contribution is -2.71. The maximum Gasteiger partial charge on any atom is 0.408 e. The van der Waals surface area contributed by atoms with Crippen LogP contribution in [0.2, 0.25) is 10.1 Å². The minimum atomic E-state index is -3.33. The molecule has 0 heterocycles. The summed E-state index contributed by atoms with van der Waals surface area (Å²) in [5.41, 5.74) is -0.779. The number of benzene rings is 4. The molecule has 0 radical (unpaired) electrons. The first-order valence-corrected chi connectivity index (χ1v) is 20.9. The highest BCUT2D eigenvalue weighted by atomic mass is 28.4. The van der Waals surface area contributed by atoms with Crippen LogP contribution in [0.4, 0.5) is 4.79 Å². The molecule has 260 valence electrons. The molecule has 1 unspecified atom stereocenters. The topological polar surface area (TPSA) is 73.9 Å². The van der Waals surface area contributed by atoms with Crippen LogP contribution >= 0.6 is 0 Å². The average Bonchev–Trinajstić information content (AvgIpc) is 3.04. The number of amides is 1. The normalized spacial score (nSPS) is 14.0. The Kier molecular flexibility index (Phi) is 11.5. The molecule has 6 nitrogen and oxygen atoms in total. The van der Waals surface area contributed by atoms with Crippen molar-refractivity contribution in [3.63, 3.8) is 0 Å². The predicted molar refractivity (Wildman–Crippen MR) is 205 cm³/mol. The molecule has 4 rings (SSSR count). The molecule has 4 aromatic carbocycles. The number of rotatable bonds is 10. The number of nitrogens with one attached hydrogen (secondary N) is 1. The Labute approximate surface area is 295 Å². The number of ether oxygens (including phenoxy) is 1. The second kappa shape index (κ2) is 14.9. The van der Waals surface area contributed by atoms with E-state index in [4.69, 9.17) is 13.6 Å². The highest BCUT2D eigenvalue weighted by Gasteiger charge is 2.56. The van der Waals surface area contributed by atoms with Gasteiger partial charge in [0.05, 0.1) is 6.10 Å². The summed E-state index contributed by atoms with van der Waals surface area (Å²) in [5, 5.41) is 6.13. The molecular formula is C41H53NO5Si2. The smallest absolute Gasteiger partial charge is 0.408 e. The largest absolute Gasteiger partial charge is 0.508 e. The third-order valence-electron chi connectivity index (χ3n) is 8.85. The van der Waals surface area contributed by atoms with Crippen molar-refractivity contribution in [2.45, 2.75) is 97.1 Å². The van der Waals surface area contributed by atoms with Crippen LogP contribution < -0.4 is 26.1 Å². The van der Waals surface area contributed by atoms with E-state index in [-0.39, 0.29) is 5.04 Å². The molecule has 4 aromatic rings. The lowest BCUT2D eigenvalue weighted by Gasteiger charge is -2.46. The summed E-state index contributed by atoms with van der Waals surface area (Å²) in [5.74, 6) is -0.564. The maximum atomic E-state index is 15.0. The van der Waals surface area contributed by atoms with E-state index < -0.39 is 51.5 Å². The molecule has 0 saturated carbocycles. The molecule has 0 aromatic heterocycles. The van der Waals surface area contributed by atoms with E-state index in [0.29, 0.717) is 0 Å². The summed E-state index contributed by atoms with van der Waals surface area (Å²) in [6.45, 7) is 20.1. The molecule has 8 heteroatoms. The van der Waals surface area contributed by atoms with Gasteiger partial charge in [0.25, 0.3) is 8.32 Å². The molecule has 1 amide bonds. The Hall–Kier alpha value is -3.99. The minimum Gasteiger partial charge on any atom is -0.508 e. The van der Waals surface area contributed by atoms with Gasteiger partial charge in [-0.3, -0.25) is 4.79 Å². The van der Waals surface area contributed by atoms with E-state index in [1.54, 1.807) is 20.8 Å². The van der Waals surface area contributed by atoms with Crippen LogP contribution in [0.5, 0.6) is 0 Å². The van der Waals surface area contributed by atoms with E-state index >= 15 is 0 Å². The van der Waals surface area contributed by atoms with E-state index in [2.05, 4.69) is 71.1 Å². The molecule has 0 aliphatic heterocycles. The van der Waals surface area contributed by atoms with Gasteiger partial charge in [0, 0.05) is 0 Å². The Bertz CT molecular complexity index is 1580. The van der Waals surface area contributed by atoms with Gasteiger partial charge in [-0.15, -0.1) is 0 Å². The van der Waals surface area contributed by atoms with Crippen molar-refractivity contribution in [3.05, 3.63) is 121 Å². The van der Waals surface area contributed by atoms with Crippen molar-refractivity contribution >= 4 is 49.4 Å². The zero-order valence-electron chi connectivity index (χ0n) is 30.7. The summed E-state index contributed by atoms with van der Waals surface area (Å²) in [7, 11) is -6.46. The highest BCUT2D eigenvalue weighted by molar-refractivity contribution is 7.00. The van der Waals surface area contributed by atoms with Crippen LogP contribution in [0.1, 0.15) is 69.2 Å². The Morgan fingerprint density at radius 2 is 0.878 bits per heavy atom. The summed E-state index contributed by atoms with van der Waals surface area (Å²) >= 11 is 0. The van der Waals surface area contributed by atoms with Crippen molar-refractivity contribution in [2.75, 3.05) is 0 Å². The molecule has 0 spiro atoms. The van der Waals surface area contributed by atoms with Gasteiger partial charge < -0.3 is 18.9 Å². The van der Waals surface area contributed by atoms with Gasteiger partial charge in [-0.25, -0.2) is 4.79 Å². The van der Waals surface area contributed by atoms with Gasteiger partial charge in [-0.05, 0) is 58.5 Å². The van der Waals surface area contributed by atoms with Gasteiger partial charge in [-0.1, -0.05) is 163 Å². The molecule has 0 saturated heterocycles. The SMILES string of the molecule is CC(O[Si](c1ccccc1)(c1ccccc1)C(C)(C)C)[C@H](NC(=O)OC(C)(C)C)C(=O)O[Si](c1ccccc1)(c1ccccc1)C(C)(C)C. The molecule has 0 aliphatic carbocycles. The average molecular weight is 696 g/mol. The first-order chi connectivity index (χ1) is 22.9. The fourth-order valence-electron chi connectivity index (χ4n) is 6.70. The lowest BCUT2D eigenvalue weighted by molar-refractivity contribution is -0.140. The number of hydrogen-bond donors (Lipinski definition) is 1. The fraction of sp³-hybridized carbons (Fsp3) is 0.366. The van der Waals surface area contributed by atoms with Crippen molar-refractivity contribution in [1.29, 1.82) is 0 Å². The van der Waals surface area contributed by atoms with Crippen molar-refractivity contribution in [1.82, 2.24) is 5.32 Å². The Balaban J connectivity index is 1.90. The van der Waals surface area contributed by atoms with Gasteiger partial charge in [-0.2, -0.15) is 0 Å². The summed E-state index contributed by atoms with van der Waals surface area (Å²) in [6, 6.07) is 39.3. The highest BCUT2D eigenvalue weighted by Crippen LogP contribution is 2.39. The number of hydrogen-bond acceptors (Lipinski definition) is 5. The molecular weight excluding hydrogens is 643 g/mol. The van der Waals surface area contributed by atoms with Gasteiger partial charge in [0.2, 0.25) is 0 Å². The van der Waals surface area contributed by atoms with Gasteiger partial charge in [0.15, 0.2) is 6.04 Å². The first kappa shape index (κ1) is 37.8. The Morgan fingerprint density at radius 3 is 1.18 bits per heavy atom. The third kappa shape index (κ3) is 8.25. The second-order valence-corrected chi connectivity index (χ2v) is 24.2. The Morgan fingerprint density at radius 1 is 0.551 bits per heavy atom. The molecule has 0 fully saturated rings. The molecule has 0 aliphatic rings. The van der Waals surface area contributed by atoms with Crippen LogP contribution in [-0.2, 0) is 18.4 Å². The number of carbonyl (C=O) groups is 2. The van der Waals surface area contributed by atoms with Crippen LogP contribution in [0.15, 0.2) is 121 Å². The number of carbonyl (C=O) groups excluding carboxylic acids is 2. The molecule has 0 bridgehead atoms. The number of alkyl carbamates (subject to hydrolysis) is 1. The van der Waals surface area contributed by atoms with Crippen LogP contribution in [0.3, 0.4) is 0 Å². The van der Waals surface area contributed by atoms with Crippen molar-refractivity contribution in [2.24, 2.45) is 0 Å². The van der Waals surface area contributed by atoms with Crippen LogP contribution in [0, 0.1) is 0 Å². The zero-order chi connectivity index (χ0) is 36.1. The maximum absolute atomic E-state index is 15.0. The zero-order valence-corrected chi connectivity index (χ0v) is 32.7. The standard InChI is InChI=1S/C41H53NO5Si2/c1-31(46-48(40(5,6)7,32-23-15-11-16-24-32)33-25-17-12-18-26-33)36(42-38(44)45-39(2,3)4)37(43)47-49(41(8,9)10,34-27-19-13-20-28-34)35-29-21-14-22-30-35/h11-31,36H,1-10H3,(H,42,44)/t31?,36-/m0/s1. The predicted octanol–water partition coefficient (Wildman–Crippen LogP) is 6.95. The summed E-state index contributed by atoms with van der Waals surface area (Å²) in [6.07, 6.45) is -1.51. The molecule has 2 atom stereocenters. The summed E-state index contributed by atoms with van der Waals surface area (Å²) < 4.78 is 20.1. The minimum absolute atomic E-state index is 0.359. The second-order valence-electron chi connectivity index (χ2n) is 15.7. The van der Waals surface area contributed by atoms with Crippen molar-refractivity contribution in [3.8, 4) is 0 Å². The lowest BCUT2D eigenvalue weighted by atomic mass is 10.2. The van der Waals surface area contributed by atoms with E-state index in [1.807, 2.05) is 104 Å². The molecule has 1 N–H and O–H groups in total. The first-order valence-electron chi connectivity index (χ1n) is 17.0. The monoisotopic (exact) mass is 695 g/mol. The fourth-order valence-corrected chi connectivity index (χ4v) is 15.8. The van der Waals surface area contributed by atoms with Crippen molar-refractivity contribution < 1.29 is 23.2 Å². The molecule has 49 heavy (non-hydrogen) atoms. The van der Waals surface area contributed by atoms with E-state index in [0.717, 1.165) is 20.7 Å². The third-order valence-corrected chi connectivity index (χ3v) is 18.9. The van der Waals surface area contributed by atoms with Crippen LogP contribution in [-0.4, -0.2) is 46.4 Å². The summed E-state index contributed by atoms with van der Waals surface area (Å²) in [4.78, 5) is 28.5. The van der Waals surface area contributed by atoms with Gasteiger partial charge in [0.1, 0.15) is 5.60 Å². The van der Waals surface area contributed by atoms with E-state index in [1.165, 1.54) is 0 Å². The van der Waals surface area contributed by atoms with Crippen LogP contribution in [0.25, 0.3) is 0 Å². The van der Waals surface area contributed by atoms with Gasteiger partial charge >= 0.3 is 20.4 Å². The van der Waals surface area contributed by atoms with E-state index in [9.17, 15) is 9.59 Å². The quantitative estimate of drug-likeness (QED) is 0.182.